The minimum Gasteiger partial charge on any atom is -0.341 e. The maximum Gasteiger partial charge on any atom is 0.239 e. The zero-order valence-electron chi connectivity index (χ0n) is 12.8. The van der Waals surface area contributed by atoms with Crippen LogP contribution < -0.4 is 5.73 Å². The van der Waals surface area contributed by atoms with Crippen LogP contribution in [0.2, 0.25) is 0 Å². The monoisotopic (exact) mass is 281 g/mol. The number of amides is 2. The third-order valence-electron chi connectivity index (χ3n) is 4.48. The summed E-state index contributed by atoms with van der Waals surface area (Å²) in [7, 11) is 0. The summed E-state index contributed by atoms with van der Waals surface area (Å²) in [6.45, 7) is 7.05. The van der Waals surface area contributed by atoms with E-state index in [1.165, 1.54) is 0 Å². The first-order chi connectivity index (χ1) is 9.41. The minimum atomic E-state index is -0.404. The van der Waals surface area contributed by atoms with Gasteiger partial charge in [0.25, 0.3) is 0 Å². The number of nitrogens with zero attached hydrogens (tertiary/aromatic N) is 2. The van der Waals surface area contributed by atoms with E-state index < -0.39 is 6.04 Å². The molecule has 1 aliphatic heterocycles. The standard InChI is InChI=1S/C15H27N3O2/c1-10(2)14(16)15(20)17-8-6-13(7-9-17)18(11(3)19)12-4-5-12/h10,12-14H,4-9,16H2,1-3H3. The van der Waals surface area contributed by atoms with Gasteiger partial charge in [0.15, 0.2) is 0 Å². The Labute approximate surface area is 121 Å². The van der Waals surface area contributed by atoms with Crippen LogP contribution in [0.15, 0.2) is 0 Å². The second kappa shape index (κ2) is 6.12. The normalized spacial score (nSPS) is 21.9. The summed E-state index contributed by atoms with van der Waals surface area (Å²) in [4.78, 5) is 27.9. The SMILES string of the molecule is CC(=O)N(C1CC1)C1CCN(C(=O)C(N)C(C)C)CC1. The summed E-state index contributed by atoms with van der Waals surface area (Å²) >= 11 is 0. The van der Waals surface area contributed by atoms with E-state index in [9.17, 15) is 9.59 Å². The van der Waals surface area contributed by atoms with Crippen LogP contribution in [-0.4, -0.2) is 52.8 Å². The van der Waals surface area contributed by atoms with E-state index in [-0.39, 0.29) is 17.7 Å². The molecule has 2 amide bonds. The maximum absolute atomic E-state index is 12.2. The van der Waals surface area contributed by atoms with Crippen molar-refractivity contribution in [2.45, 2.75) is 64.6 Å². The molecule has 1 aliphatic carbocycles. The summed E-state index contributed by atoms with van der Waals surface area (Å²) in [6.07, 6.45) is 4.03. The number of rotatable bonds is 4. The van der Waals surface area contributed by atoms with E-state index in [0.29, 0.717) is 12.1 Å². The molecule has 0 aromatic carbocycles. The molecule has 5 heteroatoms. The van der Waals surface area contributed by atoms with Gasteiger partial charge in [0.1, 0.15) is 0 Å². The Morgan fingerprint density at radius 2 is 1.60 bits per heavy atom. The van der Waals surface area contributed by atoms with Crippen LogP contribution in [-0.2, 0) is 9.59 Å². The summed E-state index contributed by atoms with van der Waals surface area (Å²) in [5.74, 6) is 0.399. The molecule has 0 radical (unpaired) electrons. The van der Waals surface area contributed by atoms with Crippen LogP contribution in [0.4, 0.5) is 0 Å². The average molecular weight is 281 g/mol. The van der Waals surface area contributed by atoms with E-state index in [0.717, 1.165) is 38.8 Å². The third-order valence-corrected chi connectivity index (χ3v) is 4.48. The first kappa shape index (κ1) is 15.3. The summed E-state index contributed by atoms with van der Waals surface area (Å²) in [5, 5.41) is 0. The van der Waals surface area contributed by atoms with Gasteiger partial charge >= 0.3 is 0 Å². The highest BCUT2D eigenvalue weighted by molar-refractivity contribution is 5.82. The molecule has 114 valence electrons. The molecule has 0 aromatic rings. The van der Waals surface area contributed by atoms with E-state index in [1.807, 2.05) is 23.6 Å². The number of hydrogen-bond donors (Lipinski definition) is 1. The lowest BCUT2D eigenvalue weighted by Crippen LogP contribution is -2.53. The van der Waals surface area contributed by atoms with Crippen molar-refractivity contribution >= 4 is 11.8 Å². The number of hydrogen-bond acceptors (Lipinski definition) is 3. The Balaban J connectivity index is 1.88. The first-order valence-corrected chi connectivity index (χ1v) is 7.75. The van der Waals surface area contributed by atoms with Gasteiger partial charge in [-0.25, -0.2) is 0 Å². The Hall–Kier alpha value is -1.10. The van der Waals surface area contributed by atoms with Crippen molar-refractivity contribution in [2.75, 3.05) is 13.1 Å². The molecule has 0 spiro atoms. The van der Waals surface area contributed by atoms with Crippen LogP contribution in [0.5, 0.6) is 0 Å². The lowest BCUT2D eigenvalue weighted by Gasteiger charge is -2.39. The molecule has 1 heterocycles. The summed E-state index contributed by atoms with van der Waals surface area (Å²) in [6, 6.07) is 0.357. The van der Waals surface area contributed by atoms with Crippen molar-refractivity contribution in [1.82, 2.24) is 9.80 Å². The Bertz CT molecular complexity index is 371. The predicted molar refractivity (Wildman–Crippen MR) is 78.0 cm³/mol. The van der Waals surface area contributed by atoms with Crippen molar-refractivity contribution < 1.29 is 9.59 Å². The topological polar surface area (TPSA) is 66.6 Å². The zero-order valence-corrected chi connectivity index (χ0v) is 12.8. The molecule has 1 saturated heterocycles. The lowest BCUT2D eigenvalue weighted by atomic mass is 9.99. The minimum absolute atomic E-state index is 0.0549. The molecule has 20 heavy (non-hydrogen) atoms. The second-order valence-electron chi connectivity index (χ2n) is 6.48. The average Bonchev–Trinajstić information content (AvgIpc) is 3.22. The maximum atomic E-state index is 12.2. The molecule has 2 aliphatic rings. The molecule has 5 nitrogen and oxygen atoms in total. The molecule has 1 unspecified atom stereocenters. The van der Waals surface area contributed by atoms with Crippen LogP contribution in [0.3, 0.4) is 0 Å². The first-order valence-electron chi connectivity index (χ1n) is 7.75. The second-order valence-corrected chi connectivity index (χ2v) is 6.48. The van der Waals surface area contributed by atoms with Crippen molar-refractivity contribution in [3.8, 4) is 0 Å². The van der Waals surface area contributed by atoms with Gasteiger partial charge in [-0.1, -0.05) is 13.8 Å². The van der Waals surface area contributed by atoms with Gasteiger partial charge in [-0.2, -0.15) is 0 Å². The third kappa shape index (κ3) is 3.32. The van der Waals surface area contributed by atoms with Crippen LogP contribution in [0, 0.1) is 5.92 Å². The van der Waals surface area contributed by atoms with E-state index in [1.54, 1.807) is 6.92 Å². The Kier molecular flexibility index (Phi) is 4.68. The fourth-order valence-corrected chi connectivity index (χ4v) is 3.03. The molecular weight excluding hydrogens is 254 g/mol. The van der Waals surface area contributed by atoms with Gasteiger partial charge in [0.05, 0.1) is 6.04 Å². The largest absolute Gasteiger partial charge is 0.341 e. The van der Waals surface area contributed by atoms with Gasteiger partial charge in [-0.05, 0) is 31.6 Å². The van der Waals surface area contributed by atoms with Crippen LogP contribution in [0.1, 0.15) is 46.5 Å². The molecule has 1 saturated carbocycles. The van der Waals surface area contributed by atoms with E-state index in [2.05, 4.69) is 0 Å². The number of carbonyl (C=O) groups is 2. The van der Waals surface area contributed by atoms with Gasteiger partial charge in [0.2, 0.25) is 11.8 Å². The van der Waals surface area contributed by atoms with Crippen LogP contribution in [0.25, 0.3) is 0 Å². The number of nitrogens with two attached hydrogens (primary N) is 1. The zero-order chi connectivity index (χ0) is 14.9. The predicted octanol–water partition coefficient (Wildman–Crippen LogP) is 0.972. The number of likely N-dealkylation sites (tertiary alicyclic amines) is 1. The van der Waals surface area contributed by atoms with E-state index >= 15 is 0 Å². The van der Waals surface area contributed by atoms with Gasteiger partial charge in [-0.15, -0.1) is 0 Å². The van der Waals surface area contributed by atoms with Crippen molar-refractivity contribution in [1.29, 1.82) is 0 Å². The number of piperidine rings is 1. The molecule has 0 aromatic heterocycles. The fourth-order valence-electron chi connectivity index (χ4n) is 3.03. The molecule has 2 fully saturated rings. The smallest absolute Gasteiger partial charge is 0.239 e. The van der Waals surface area contributed by atoms with Gasteiger partial charge < -0.3 is 15.5 Å². The molecule has 2 rings (SSSR count). The fraction of sp³-hybridized carbons (Fsp3) is 0.867. The van der Waals surface area contributed by atoms with Crippen molar-refractivity contribution in [3.05, 3.63) is 0 Å². The number of carbonyl (C=O) groups excluding carboxylic acids is 2. The molecular formula is C15H27N3O2. The Morgan fingerprint density at radius 1 is 1.10 bits per heavy atom. The highest BCUT2D eigenvalue weighted by atomic mass is 16.2. The van der Waals surface area contributed by atoms with Gasteiger partial charge in [-0.3, -0.25) is 9.59 Å². The quantitative estimate of drug-likeness (QED) is 0.835. The lowest BCUT2D eigenvalue weighted by molar-refractivity contribution is -0.137. The summed E-state index contributed by atoms with van der Waals surface area (Å²) < 4.78 is 0. The van der Waals surface area contributed by atoms with Gasteiger partial charge in [0, 0.05) is 32.1 Å². The van der Waals surface area contributed by atoms with E-state index in [4.69, 9.17) is 5.73 Å². The van der Waals surface area contributed by atoms with Crippen molar-refractivity contribution in [3.63, 3.8) is 0 Å². The highest BCUT2D eigenvalue weighted by Gasteiger charge is 2.38. The summed E-state index contributed by atoms with van der Waals surface area (Å²) in [5.41, 5.74) is 5.94. The molecule has 2 N–H and O–H groups in total. The van der Waals surface area contributed by atoms with Crippen molar-refractivity contribution in [2.24, 2.45) is 11.7 Å². The van der Waals surface area contributed by atoms with Crippen LogP contribution >= 0.6 is 0 Å². The molecule has 0 bridgehead atoms. The molecule has 1 atom stereocenters. The Morgan fingerprint density at radius 3 is 2.00 bits per heavy atom. The highest BCUT2D eigenvalue weighted by Crippen LogP contribution is 2.32.